The van der Waals surface area contributed by atoms with E-state index in [1.807, 2.05) is 0 Å². The van der Waals surface area contributed by atoms with Crippen LogP contribution >= 0.6 is 0 Å². The predicted octanol–water partition coefficient (Wildman–Crippen LogP) is 0.759. The lowest BCUT2D eigenvalue weighted by molar-refractivity contribution is -0.112. The lowest BCUT2D eigenvalue weighted by Crippen LogP contribution is -2.50. The van der Waals surface area contributed by atoms with Crippen LogP contribution in [0, 0.1) is 0 Å². The minimum Gasteiger partial charge on any atom is -0.495 e. The first kappa shape index (κ1) is 19.1. The van der Waals surface area contributed by atoms with E-state index in [1.54, 1.807) is 13.8 Å². The van der Waals surface area contributed by atoms with Crippen molar-refractivity contribution in [1.29, 1.82) is 0 Å². The number of aliphatic hydroxyl groups is 1. The van der Waals surface area contributed by atoms with Crippen LogP contribution in [0.15, 0.2) is 12.1 Å². The Kier molecular flexibility index (Phi) is 4.79. The molecular weight excluding hydrogens is 352 g/mol. The van der Waals surface area contributed by atoms with Gasteiger partial charge in [-0.2, -0.15) is 0 Å². The number of nitrogens with zero attached hydrogens (tertiary/aromatic N) is 1. The van der Waals surface area contributed by atoms with Crippen LogP contribution in [0.3, 0.4) is 0 Å². The maximum Gasteiger partial charge on any atom is 0.405 e. The molecular formula is C15H22N2O7S. The van der Waals surface area contributed by atoms with Crippen LogP contribution < -0.4 is 19.5 Å². The van der Waals surface area contributed by atoms with E-state index in [4.69, 9.17) is 19.9 Å². The molecule has 0 saturated carbocycles. The van der Waals surface area contributed by atoms with E-state index in [9.17, 15) is 18.3 Å². The first-order chi connectivity index (χ1) is 11.4. The van der Waals surface area contributed by atoms with Gasteiger partial charge in [-0.15, -0.1) is 0 Å². The highest BCUT2D eigenvalue weighted by Gasteiger charge is 2.45. The molecule has 0 saturated heterocycles. The molecule has 25 heavy (non-hydrogen) atoms. The summed E-state index contributed by atoms with van der Waals surface area (Å²) in [6.45, 7) is 3.23. The highest BCUT2D eigenvalue weighted by Crippen LogP contribution is 2.46. The Labute approximate surface area is 146 Å². The molecule has 2 unspecified atom stereocenters. The molecule has 2 rings (SSSR count). The molecule has 3 N–H and O–H groups in total. The van der Waals surface area contributed by atoms with Crippen molar-refractivity contribution in [1.82, 2.24) is 0 Å². The van der Waals surface area contributed by atoms with E-state index < -0.39 is 33.9 Å². The van der Waals surface area contributed by atoms with E-state index in [0.717, 1.165) is 10.6 Å². The number of methoxy groups -OCH3 is 1. The molecule has 1 aliphatic heterocycles. The van der Waals surface area contributed by atoms with Crippen molar-refractivity contribution in [2.45, 2.75) is 31.7 Å². The number of benzene rings is 1. The van der Waals surface area contributed by atoms with E-state index in [-0.39, 0.29) is 17.2 Å². The summed E-state index contributed by atoms with van der Waals surface area (Å²) in [5, 5.41) is 10.5. The molecule has 9 nitrogen and oxygen atoms in total. The molecule has 1 aliphatic rings. The number of hydrogen-bond acceptors (Lipinski definition) is 7. The molecule has 0 bridgehead atoms. The molecule has 0 fully saturated rings. The van der Waals surface area contributed by atoms with Crippen molar-refractivity contribution < 1.29 is 32.5 Å². The fourth-order valence-corrected chi connectivity index (χ4v) is 3.10. The predicted molar refractivity (Wildman–Crippen MR) is 90.4 cm³/mol. The first-order valence-electron chi connectivity index (χ1n) is 7.37. The smallest absolute Gasteiger partial charge is 0.405 e. The highest BCUT2D eigenvalue weighted by atomic mass is 32.2. The second-order valence-electron chi connectivity index (χ2n) is 6.30. The van der Waals surface area contributed by atoms with Crippen molar-refractivity contribution >= 4 is 21.8 Å². The summed E-state index contributed by atoms with van der Waals surface area (Å²) in [7, 11) is -0.799. The van der Waals surface area contributed by atoms with Crippen LogP contribution in [0.1, 0.15) is 25.5 Å². The fraction of sp³-hybridized carbons (Fsp3) is 0.533. The average Bonchev–Trinajstić information content (AvgIpc) is 2.48. The number of primary amides is 1. The van der Waals surface area contributed by atoms with Gasteiger partial charge < -0.3 is 25.1 Å². The van der Waals surface area contributed by atoms with Crippen LogP contribution in [0.4, 0.5) is 10.5 Å². The molecule has 1 aromatic carbocycles. The van der Waals surface area contributed by atoms with Gasteiger partial charge in [-0.3, -0.25) is 4.31 Å². The molecule has 1 amide bonds. The molecule has 1 aromatic rings. The third kappa shape index (κ3) is 3.59. The Balaban J connectivity index is 2.66. The zero-order valence-electron chi connectivity index (χ0n) is 14.6. The van der Waals surface area contributed by atoms with Gasteiger partial charge in [0.05, 0.1) is 19.1 Å². The van der Waals surface area contributed by atoms with Gasteiger partial charge in [0.25, 0.3) is 0 Å². The second-order valence-corrected chi connectivity index (χ2v) is 8.31. The number of amides is 1. The second kappa shape index (κ2) is 6.26. The number of nitrogens with two attached hydrogens (primary N) is 1. The summed E-state index contributed by atoms with van der Waals surface area (Å²) in [5.41, 5.74) is 4.58. The van der Waals surface area contributed by atoms with Crippen LogP contribution in [-0.4, -0.2) is 51.7 Å². The van der Waals surface area contributed by atoms with Gasteiger partial charge in [0.2, 0.25) is 10.0 Å². The minimum atomic E-state index is -3.54. The van der Waals surface area contributed by atoms with E-state index in [0.29, 0.717) is 5.56 Å². The SMILES string of the molecule is COc1cc2c(cc1N(C)S(C)(=O)=O)OC(C)(C)C(O)C2OC(N)=O. The number of rotatable bonds is 4. The van der Waals surface area contributed by atoms with E-state index >= 15 is 0 Å². The van der Waals surface area contributed by atoms with Crippen molar-refractivity contribution in [3.8, 4) is 11.5 Å². The third-order valence-electron chi connectivity index (χ3n) is 4.07. The number of ether oxygens (including phenoxy) is 3. The Morgan fingerprint density at radius 3 is 2.48 bits per heavy atom. The highest BCUT2D eigenvalue weighted by molar-refractivity contribution is 7.92. The number of anilines is 1. The zero-order valence-corrected chi connectivity index (χ0v) is 15.5. The summed E-state index contributed by atoms with van der Waals surface area (Å²) < 4.78 is 40.9. The normalized spacial score (nSPS) is 21.7. The maximum absolute atomic E-state index is 11.9. The summed E-state index contributed by atoms with van der Waals surface area (Å²) in [6, 6.07) is 2.92. The molecule has 140 valence electrons. The van der Waals surface area contributed by atoms with Gasteiger partial charge in [0.1, 0.15) is 23.2 Å². The van der Waals surface area contributed by atoms with Crippen LogP contribution in [0.2, 0.25) is 0 Å². The lowest BCUT2D eigenvalue weighted by atomic mass is 9.88. The van der Waals surface area contributed by atoms with Gasteiger partial charge in [0.15, 0.2) is 6.10 Å². The van der Waals surface area contributed by atoms with Crippen LogP contribution in [0.5, 0.6) is 11.5 Å². The van der Waals surface area contributed by atoms with Crippen molar-refractivity contribution in [2.75, 3.05) is 24.7 Å². The number of sulfonamides is 1. The first-order valence-corrected chi connectivity index (χ1v) is 9.22. The molecule has 0 aromatic heterocycles. The Morgan fingerprint density at radius 2 is 2.00 bits per heavy atom. The van der Waals surface area contributed by atoms with Gasteiger partial charge in [-0.1, -0.05) is 0 Å². The summed E-state index contributed by atoms with van der Waals surface area (Å²) in [4.78, 5) is 11.2. The zero-order chi connectivity index (χ0) is 19.2. The minimum absolute atomic E-state index is 0.209. The number of aliphatic hydroxyl groups excluding tert-OH is 1. The van der Waals surface area contributed by atoms with Crippen LogP contribution in [0.25, 0.3) is 0 Å². The molecule has 1 heterocycles. The van der Waals surface area contributed by atoms with Crippen LogP contribution in [-0.2, 0) is 14.8 Å². The molecule has 0 spiro atoms. The fourth-order valence-electron chi connectivity index (χ4n) is 2.60. The third-order valence-corrected chi connectivity index (χ3v) is 5.26. The Hall–Kier alpha value is -2.20. The lowest BCUT2D eigenvalue weighted by Gasteiger charge is -2.41. The number of carbonyl (C=O) groups excluding carboxylic acids is 1. The summed E-state index contributed by atoms with van der Waals surface area (Å²) in [6.07, 6.45) is -2.26. The largest absolute Gasteiger partial charge is 0.495 e. The molecule has 0 radical (unpaired) electrons. The maximum atomic E-state index is 11.9. The van der Waals surface area contributed by atoms with Gasteiger partial charge in [0, 0.05) is 18.7 Å². The molecule has 2 atom stereocenters. The quantitative estimate of drug-likeness (QED) is 0.796. The number of fused-ring (bicyclic) bond motifs is 1. The van der Waals surface area contributed by atoms with E-state index in [2.05, 4.69) is 0 Å². The Morgan fingerprint density at radius 1 is 1.40 bits per heavy atom. The molecule has 0 aliphatic carbocycles. The summed E-state index contributed by atoms with van der Waals surface area (Å²) >= 11 is 0. The van der Waals surface area contributed by atoms with E-state index in [1.165, 1.54) is 26.3 Å². The number of hydrogen-bond donors (Lipinski definition) is 2. The Bertz CT molecular complexity index is 791. The van der Waals surface area contributed by atoms with Gasteiger partial charge in [-0.05, 0) is 19.9 Å². The topological polar surface area (TPSA) is 128 Å². The summed E-state index contributed by atoms with van der Waals surface area (Å²) in [5.74, 6) is 0.466. The average molecular weight is 374 g/mol. The van der Waals surface area contributed by atoms with Gasteiger partial charge in [-0.25, -0.2) is 13.2 Å². The van der Waals surface area contributed by atoms with Crippen molar-refractivity contribution in [3.63, 3.8) is 0 Å². The molecule has 10 heteroatoms. The van der Waals surface area contributed by atoms with Crippen molar-refractivity contribution in [2.24, 2.45) is 5.73 Å². The van der Waals surface area contributed by atoms with Gasteiger partial charge >= 0.3 is 6.09 Å². The number of carbonyl (C=O) groups is 1. The standard InChI is InChI=1S/C15H22N2O7S/c1-15(2)13(18)12(23-14(16)19)8-6-11(22-4)9(7-10(8)24-15)17(3)25(5,20)21/h6-7,12-13,18H,1-5H3,(H2,16,19). The monoisotopic (exact) mass is 374 g/mol. The van der Waals surface area contributed by atoms with Crippen molar-refractivity contribution in [3.05, 3.63) is 17.7 Å².